The Morgan fingerprint density at radius 1 is 0.837 bits per heavy atom. The molecule has 0 aromatic heterocycles. The fourth-order valence-electron chi connectivity index (χ4n) is 4.68. The van der Waals surface area contributed by atoms with Gasteiger partial charge in [-0.25, -0.2) is 4.57 Å². The molecule has 43 heavy (non-hydrogen) atoms. The number of phosphoric acid groups is 1. The van der Waals surface area contributed by atoms with Gasteiger partial charge in [0.15, 0.2) is 0 Å². The van der Waals surface area contributed by atoms with Crippen LogP contribution in [0.1, 0.15) is 103 Å². The van der Waals surface area contributed by atoms with Gasteiger partial charge in [-0.3, -0.25) is 29.0 Å². The molecular formula is C30H50N3O9P. The third-order valence-electron chi connectivity index (χ3n) is 6.92. The first kappa shape index (κ1) is 38.1. The van der Waals surface area contributed by atoms with Crippen molar-refractivity contribution < 1.29 is 43.2 Å². The summed E-state index contributed by atoms with van der Waals surface area (Å²) in [5, 5.41) is 14.6. The van der Waals surface area contributed by atoms with Gasteiger partial charge in [-0.2, -0.15) is 0 Å². The fourth-order valence-corrected chi connectivity index (χ4v) is 5.07. The summed E-state index contributed by atoms with van der Waals surface area (Å²) in [6.45, 7) is 6.56. The molecule has 13 heteroatoms. The van der Waals surface area contributed by atoms with Gasteiger partial charge in [0, 0.05) is 32.9 Å². The third kappa shape index (κ3) is 17.7. The second-order valence-corrected chi connectivity index (χ2v) is 12.0. The highest BCUT2D eigenvalue weighted by Crippen LogP contribution is 2.37. The summed E-state index contributed by atoms with van der Waals surface area (Å²) in [6.07, 6.45) is 9.76. The van der Waals surface area contributed by atoms with Crippen molar-refractivity contribution in [3.8, 4) is 5.75 Å². The highest BCUT2D eigenvalue weighted by Gasteiger charge is 2.30. The lowest BCUT2D eigenvalue weighted by molar-refractivity contribution is -0.140. The number of rotatable bonds is 23. The van der Waals surface area contributed by atoms with Crippen LogP contribution in [-0.4, -0.2) is 68.7 Å². The summed E-state index contributed by atoms with van der Waals surface area (Å²) in [5.74, 6) is -2.60. The second kappa shape index (κ2) is 20.9. The summed E-state index contributed by atoms with van der Waals surface area (Å²) in [4.78, 5) is 70.2. The number of amides is 3. The van der Waals surface area contributed by atoms with Gasteiger partial charge in [-0.15, -0.1) is 0 Å². The number of carbonyl (C=O) groups is 4. The molecule has 12 nitrogen and oxygen atoms in total. The molecule has 0 aliphatic rings. The smallest absolute Gasteiger partial charge is 0.481 e. The molecule has 0 unspecified atom stereocenters. The van der Waals surface area contributed by atoms with Gasteiger partial charge in [-0.05, 0) is 37.0 Å². The van der Waals surface area contributed by atoms with Crippen LogP contribution < -0.4 is 15.2 Å². The molecule has 0 saturated heterocycles. The van der Waals surface area contributed by atoms with Gasteiger partial charge < -0.3 is 25.2 Å². The minimum absolute atomic E-state index is 0.0139. The molecule has 1 aromatic carbocycles. The van der Waals surface area contributed by atoms with E-state index in [0.717, 1.165) is 64.2 Å². The first-order chi connectivity index (χ1) is 20.4. The number of hydrogen-bond donors (Lipinski definition) is 5. The number of nitrogens with one attached hydrogen (secondary N) is 2. The van der Waals surface area contributed by atoms with Crippen molar-refractivity contribution in [2.75, 3.05) is 13.1 Å². The number of aliphatic carboxylic acids is 1. The van der Waals surface area contributed by atoms with Crippen LogP contribution in [0, 0.1) is 0 Å². The number of nitrogens with zero attached hydrogens (tertiary/aromatic N) is 1. The fraction of sp³-hybridized carbons (Fsp3) is 0.667. The molecule has 2 atom stereocenters. The molecule has 0 aliphatic carbocycles. The monoisotopic (exact) mass is 627 g/mol. The van der Waals surface area contributed by atoms with E-state index in [1.165, 1.54) is 31.2 Å². The molecule has 0 aliphatic heterocycles. The van der Waals surface area contributed by atoms with Crippen LogP contribution in [0.5, 0.6) is 5.75 Å². The van der Waals surface area contributed by atoms with Crippen molar-refractivity contribution in [2.45, 2.75) is 116 Å². The maximum atomic E-state index is 13.7. The van der Waals surface area contributed by atoms with Crippen LogP contribution in [-0.2, 0) is 30.2 Å². The predicted molar refractivity (Wildman–Crippen MR) is 163 cm³/mol. The van der Waals surface area contributed by atoms with Crippen LogP contribution in [0.3, 0.4) is 0 Å². The van der Waals surface area contributed by atoms with Gasteiger partial charge in [-0.1, -0.05) is 77.3 Å². The molecular weight excluding hydrogens is 577 g/mol. The van der Waals surface area contributed by atoms with Crippen LogP contribution >= 0.6 is 7.82 Å². The van der Waals surface area contributed by atoms with Gasteiger partial charge in [0.1, 0.15) is 17.8 Å². The Kier molecular flexibility index (Phi) is 18.5. The van der Waals surface area contributed by atoms with Crippen LogP contribution in [0.2, 0.25) is 0 Å². The zero-order valence-corrected chi connectivity index (χ0v) is 26.7. The Balaban J connectivity index is 3.08. The van der Waals surface area contributed by atoms with Crippen molar-refractivity contribution in [3.63, 3.8) is 0 Å². The molecule has 0 fully saturated rings. The molecule has 244 valence electrons. The van der Waals surface area contributed by atoms with E-state index in [1.54, 1.807) is 4.90 Å². The molecule has 1 rings (SSSR count). The molecule has 1 aromatic rings. The Morgan fingerprint density at radius 2 is 1.37 bits per heavy atom. The highest BCUT2D eigenvalue weighted by atomic mass is 31.2. The van der Waals surface area contributed by atoms with Crippen LogP contribution in [0.25, 0.3) is 0 Å². The molecule has 0 spiro atoms. The van der Waals surface area contributed by atoms with Crippen molar-refractivity contribution in [2.24, 2.45) is 0 Å². The van der Waals surface area contributed by atoms with Crippen molar-refractivity contribution in [1.29, 1.82) is 0 Å². The lowest BCUT2D eigenvalue weighted by atomic mass is 10.0. The summed E-state index contributed by atoms with van der Waals surface area (Å²) in [6, 6.07) is 3.50. The molecule has 5 N–H and O–H groups in total. The summed E-state index contributed by atoms with van der Waals surface area (Å²) >= 11 is 0. The second-order valence-electron chi connectivity index (χ2n) is 10.8. The minimum Gasteiger partial charge on any atom is -0.481 e. The third-order valence-corrected chi connectivity index (χ3v) is 7.37. The van der Waals surface area contributed by atoms with Gasteiger partial charge in [0.05, 0.1) is 0 Å². The Labute approximate surface area is 255 Å². The highest BCUT2D eigenvalue weighted by molar-refractivity contribution is 7.46. The zero-order chi connectivity index (χ0) is 32.3. The molecule has 0 saturated carbocycles. The standard InChI is InChI=1S/C30H50N3O9P/c1-4-6-8-10-12-20-33(21-13-11-9-7-5-2)30(38)26(18-19-28(35)36)32-29(37)27(31-23(3)34)22-24-14-16-25(17-15-24)42-43(39,40)41/h14-17,26-27H,4-13,18-22H2,1-3H3,(H,31,34)(H,32,37)(H,35,36)(H2,39,40,41)/t26-,27-/m0/s1. The number of hydrogen-bond acceptors (Lipinski definition) is 6. The lowest BCUT2D eigenvalue weighted by Gasteiger charge is -2.29. The number of carbonyl (C=O) groups excluding carboxylic acids is 3. The Bertz CT molecular complexity index is 1030. The number of carboxylic acids is 1. The Morgan fingerprint density at radius 3 is 1.84 bits per heavy atom. The maximum Gasteiger partial charge on any atom is 0.524 e. The van der Waals surface area contributed by atoms with E-state index in [4.69, 9.17) is 9.79 Å². The van der Waals surface area contributed by atoms with Crippen LogP contribution in [0.15, 0.2) is 24.3 Å². The normalized spacial score (nSPS) is 12.7. The average Bonchev–Trinajstić information content (AvgIpc) is 2.93. The van der Waals surface area contributed by atoms with E-state index in [2.05, 4.69) is 29.0 Å². The SMILES string of the molecule is CCCCCCCN(CCCCCCC)C(=O)[C@H](CCC(=O)O)NC(=O)[C@H](Cc1ccc(OP(=O)(O)O)cc1)NC(C)=O. The topological polar surface area (TPSA) is 183 Å². The van der Waals surface area contributed by atoms with Gasteiger partial charge >= 0.3 is 13.8 Å². The number of unbranched alkanes of at least 4 members (excludes halogenated alkanes) is 8. The summed E-state index contributed by atoms with van der Waals surface area (Å²) in [5.41, 5.74) is 0.557. The van der Waals surface area contributed by atoms with E-state index in [0.29, 0.717) is 18.7 Å². The van der Waals surface area contributed by atoms with E-state index in [1.807, 2.05) is 0 Å². The number of benzene rings is 1. The quantitative estimate of drug-likeness (QED) is 0.0871. The average molecular weight is 628 g/mol. The first-order valence-corrected chi connectivity index (χ1v) is 16.8. The maximum absolute atomic E-state index is 13.7. The van der Waals surface area contributed by atoms with Gasteiger partial charge in [0.25, 0.3) is 0 Å². The van der Waals surface area contributed by atoms with E-state index in [-0.39, 0.29) is 30.9 Å². The number of carboxylic acid groups (broad SMARTS) is 1. The zero-order valence-electron chi connectivity index (χ0n) is 25.8. The van der Waals surface area contributed by atoms with E-state index >= 15 is 0 Å². The predicted octanol–water partition coefficient (Wildman–Crippen LogP) is 4.32. The molecule has 0 heterocycles. The largest absolute Gasteiger partial charge is 0.524 e. The molecule has 0 radical (unpaired) electrons. The summed E-state index contributed by atoms with van der Waals surface area (Å²) < 4.78 is 15.6. The van der Waals surface area contributed by atoms with E-state index in [9.17, 15) is 28.8 Å². The van der Waals surface area contributed by atoms with Crippen LogP contribution in [0.4, 0.5) is 0 Å². The summed E-state index contributed by atoms with van der Waals surface area (Å²) in [7, 11) is -4.74. The molecule has 3 amide bonds. The lowest BCUT2D eigenvalue weighted by Crippen LogP contribution is -2.55. The first-order valence-electron chi connectivity index (χ1n) is 15.3. The molecule has 0 bridgehead atoms. The minimum atomic E-state index is -4.74. The van der Waals surface area contributed by atoms with Crippen molar-refractivity contribution in [3.05, 3.63) is 29.8 Å². The van der Waals surface area contributed by atoms with Crippen molar-refractivity contribution in [1.82, 2.24) is 15.5 Å². The van der Waals surface area contributed by atoms with Gasteiger partial charge in [0.2, 0.25) is 17.7 Å². The van der Waals surface area contributed by atoms with E-state index < -0.39 is 37.7 Å². The Hall–Kier alpha value is -2.95. The van der Waals surface area contributed by atoms with Crippen molar-refractivity contribution >= 4 is 31.5 Å². The number of phosphoric ester groups is 1.